The van der Waals surface area contributed by atoms with E-state index in [9.17, 15) is 18.0 Å². The molecular formula is C21H18O7S. The summed E-state index contributed by atoms with van der Waals surface area (Å²) >= 11 is 0. The van der Waals surface area contributed by atoms with Gasteiger partial charge in [-0.25, -0.2) is 13.2 Å². The molecule has 150 valence electrons. The number of rotatable bonds is 7. The van der Waals surface area contributed by atoms with Gasteiger partial charge in [0.2, 0.25) is 0 Å². The van der Waals surface area contributed by atoms with Crippen LogP contribution in [0.3, 0.4) is 0 Å². The molecule has 1 heterocycles. The Morgan fingerprint density at radius 3 is 2.45 bits per heavy atom. The van der Waals surface area contributed by atoms with Crippen molar-refractivity contribution < 1.29 is 27.1 Å². The second-order valence-corrected chi connectivity index (χ2v) is 8.06. The Balaban J connectivity index is 1.86. The molecule has 0 amide bonds. The summed E-state index contributed by atoms with van der Waals surface area (Å²) in [6.07, 6.45) is 2.64. The monoisotopic (exact) mass is 414 g/mol. The quantitative estimate of drug-likeness (QED) is 0.433. The summed E-state index contributed by atoms with van der Waals surface area (Å²) < 4.78 is 40.6. The van der Waals surface area contributed by atoms with Gasteiger partial charge in [-0.3, -0.25) is 4.79 Å². The lowest BCUT2D eigenvalue weighted by Gasteiger charge is -2.06. The van der Waals surface area contributed by atoms with Crippen LogP contribution < -0.4 is 15.1 Å². The molecule has 0 radical (unpaired) electrons. The van der Waals surface area contributed by atoms with Crippen molar-refractivity contribution in [2.24, 2.45) is 0 Å². The van der Waals surface area contributed by atoms with Crippen LogP contribution in [0.1, 0.15) is 5.56 Å². The average molecular weight is 414 g/mol. The molecule has 0 saturated carbocycles. The summed E-state index contributed by atoms with van der Waals surface area (Å²) in [5.41, 5.74) is -0.136. The van der Waals surface area contributed by atoms with Crippen LogP contribution in [0.15, 0.2) is 68.7 Å². The zero-order valence-corrected chi connectivity index (χ0v) is 16.6. The lowest BCUT2D eigenvalue weighted by atomic mass is 10.2. The third-order valence-electron chi connectivity index (χ3n) is 4.17. The van der Waals surface area contributed by atoms with E-state index in [1.807, 2.05) is 0 Å². The molecule has 29 heavy (non-hydrogen) atoms. The van der Waals surface area contributed by atoms with Gasteiger partial charge in [0.25, 0.3) is 0 Å². The number of carbonyl (C=O) groups excluding carboxylic acids is 1. The normalized spacial score (nSPS) is 11.7. The number of hydrogen-bond acceptors (Lipinski definition) is 7. The highest BCUT2D eigenvalue weighted by molar-refractivity contribution is 7.92. The van der Waals surface area contributed by atoms with Crippen LogP contribution in [0, 0.1) is 0 Å². The number of ketones is 1. The number of benzene rings is 2. The maximum Gasteiger partial charge on any atom is 0.355 e. The molecular weight excluding hydrogens is 396 g/mol. The van der Waals surface area contributed by atoms with Gasteiger partial charge in [-0.15, -0.1) is 0 Å². The Kier molecular flexibility index (Phi) is 5.84. The Labute approximate surface area is 167 Å². The van der Waals surface area contributed by atoms with Gasteiger partial charge in [0, 0.05) is 0 Å². The molecule has 8 heteroatoms. The Bertz CT molecular complexity index is 1240. The fraction of sp³-hybridized carbons (Fsp3) is 0.143. The van der Waals surface area contributed by atoms with Gasteiger partial charge in [0.15, 0.2) is 20.5 Å². The summed E-state index contributed by atoms with van der Waals surface area (Å²) in [5.74, 6) is -0.506. The minimum atomic E-state index is -4.20. The maximum atomic E-state index is 12.6. The first kappa shape index (κ1) is 20.3. The third-order valence-corrected chi connectivity index (χ3v) is 5.79. The maximum absolute atomic E-state index is 12.6. The number of allylic oxidation sites excluding steroid dienone is 1. The molecule has 0 atom stereocenters. The molecule has 0 N–H and O–H groups in total. The molecule has 0 saturated heterocycles. The zero-order valence-electron chi connectivity index (χ0n) is 15.7. The van der Waals surface area contributed by atoms with Crippen LogP contribution in [0.2, 0.25) is 0 Å². The van der Waals surface area contributed by atoms with Gasteiger partial charge in [-0.2, -0.15) is 0 Å². The molecule has 3 rings (SSSR count). The first-order chi connectivity index (χ1) is 13.8. The molecule has 0 aliphatic rings. The number of sulfone groups is 1. The van der Waals surface area contributed by atoms with Crippen LogP contribution in [0.5, 0.6) is 11.5 Å². The van der Waals surface area contributed by atoms with Gasteiger partial charge in [-0.1, -0.05) is 24.3 Å². The van der Waals surface area contributed by atoms with E-state index >= 15 is 0 Å². The second-order valence-electron chi connectivity index (χ2n) is 6.10. The number of hydrogen-bond donors (Lipinski definition) is 0. The highest BCUT2D eigenvalue weighted by atomic mass is 32.2. The molecule has 7 nitrogen and oxygen atoms in total. The molecule has 0 spiro atoms. The molecule has 0 aliphatic heterocycles. The Hall–Kier alpha value is -3.39. The van der Waals surface area contributed by atoms with Gasteiger partial charge in [0.05, 0.1) is 19.6 Å². The van der Waals surface area contributed by atoms with Crippen LogP contribution in [0.4, 0.5) is 0 Å². The zero-order chi connectivity index (χ0) is 21.0. The van der Waals surface area contributed by atoms with Crippen molar-refractivity contribution in [3.63, 3.8) is 0 Å². The minimum Gasteiger partial charge on any atom is -0.497 e. The largest absolute Gasteiger partial charge is 0.497 e. The fourth-order valence-corrected chi connectivity index (χ4v) is 3.93. The van der Waals surface area contributed by atoms with Crippen molar-refractivity contribution in [3.05, 3.63) is 70.6 Å². The lowest BCUT2D eigenvalue weighted by molar-refractivity contribution is -0.112. The highest BCUT2D eigenvalue weighted by Gasteiger charge is 2.24. The molecule has 0 unspecified atom stereocenters. The molecule has 2 aromatic carbocycles. The van der Waals surface area contributed by atoms with Gasteiger partial charge in [-0.05, 0) is 42.0 Å². The van der Waals surface area contributed by atoms with E-state index < -0.39 is 31.9 Å². The smallest absolute Gasteiger partial charge is 0.355 e. The first-order valence-corrected chi connectivity index (χ1v) is 10.2. The molecule has 0 bridgehead atoms. The summed E-state index contributed by atoms with van der Waals surface area (Å²) in [4.78, 5) is 23.8. The van der Waals surface area contributed by atoms with E-state index in [-0.39, 0.29) is 5.58 Å². The molecule has 0 fully saturated rings. The van der Waals surface area contributed by atoms with Crippen molar-refractivity contribution in [1.29, 1.82) is 0 Å². The van der Waals surface area contributed by atoms with E-state index in [1.165, 1.54) is 32.4 Å². The first-order valence-electron chi connectivity index (χ1n) is 8.52. The van der Waals surface area contributed by atoms with Crippen molar-refractivity contribution in [2.45, 2.75) is 4.90 Å². The number of ether oxygens (including phenoxy) is 2. The molecule has 1 aromatic heterocycles. The average Bonchev–Trinajstić information content (AvgIpc) is 2.71. The van der Waals surface area contributed by atoms with Crippen molar-refractivity contribution in [1.82, 2.24) is 0 Å². The minimum absolute atomic E-state index is 0.194. The lowest BCUT2D eigenvalue weighted by Crippen LogP contribution is -2.21. The van der Waals surface area contributed by atoms with E-state index in [0.717, 1.165) is 6.08 Å². The Morgan fingerprint density at radius 1 is 1.07 bits per heavy atom. The number of methoxy groups -OCH3 is 2. The standard InChI is InChI=1S/C21H18O7S/c1-26-16-10-7-14(8-11-16)6-9-15(22)13-29(24,25)20-12-17-18(27-2)4-3-5-19(17)28-21(20)23/h3-12H,13H2,1-2H3/b9-6+. The number of fused-ring (bicyclic) bond motifs is 1. The van der Waals surface area contributed by atoms with Crippen molar-refractivity contribution in [2.75, 3.05) is 20.0 Å². The SMILES string of the molecule is COc1ccc(/C=C/C(=O)CS(=O)(=O)c2cc3c(OC)cccc3oc2=O)cc1. The van der Waals surface area contributed by atoms with Crippen molar-refractivity contribution >= 4 is 32.7 Å². The van der Waals surface area contributed by atoms with Gasteiger partial charge in [0.1, 0.15) is 22.8 Å². The van der Waals surface area contributed by atoms with Crippen LogP contribution in [0.25, 0.3) is 17.0 Å². The fourth-order valence-electron chi connectivity index (χ4n) is 2.71. The number of carbonyl (C=O) groups is 1. The highest BCUT2D eigenvalue weighted by Crippen LogP contribution is 2.26. The third kappa shape index (κ3) is 4.55. The molecule has 3 aromatic rings. The second kappa shape index (κ2) is 8.32. The predicted octanol–water partition coefficient (Wildman–Crippen LogP) is 2.87. The summed E-state index contributed by atoms with van der Waals surface area (Å²) in [6, 6.07) is 12.8. The van der Waals surface area contributed by atoms with Crippen LogP contribution >= 0.6 is 0 Å². The van der Waals surface area contributed by atoms with Crippen molar-refractivity contribution in [3.8, 4) is 11.5 Å². The summed E-state index contributed by atoms with van der Waals surface area (Å²) in [6.45, 7) is 0. The van der Waals surface area contributed by atoms with Crippen LogP contribution in [-0.2, 0) is 14.6 Å². The van der Waals surface area contributed by atoms with E-state index in [0.29, 0.717) is 22.4 Å². The van der Waals surface area contributed by atoms with Crippen LogP contribution in [-0.4, -0.2) is 34.2 Å². The predicted molar refractivity (Wildman–Crippen MR) is 108 cm³/mol. The molecule has 0 aliphatic carbocycles. The Morgan fingerprint density at radius 2 is 1.79 bits per heavy atom. The summed E-state index contributed by atoms with van der Waals surface area (Å²) in [5, 5.41) is 0.328. The topological polar surface area (TPSA) is 99.9 Å². The van der Waals surface area contributed by atoms with Gasteiger partial charge < -0.3 is 13.9 Å². The summed E-state index contributed by atoms with van der Waals surface area (Å²) in [7, 11) is -1.25. The van der Waals surface area contributed by atoms with Gasteiger partial charge >= 0.3 is 5.63 Å². The van der Waals surface area contributed by atoms with E-state index in [2.05, 4.69) is 0 Å². The van der Waals surface area contributed by atoms with E-state index in [1.54, 1.807) is 36.4 Å². The van der Waals surface area contributed by atoms with E-state index in [4.69, 9.17) is 13.9 Å².